The van der Waals surface area contributed by atoms with Crippen LogP contribution in [0.4, 0.5) is 5.69 Å². The number of likely N-dealkylation sites (N-methyl/N-ethyl adjacent to an activating group) is 1. The quantitative estimate of drug-likeness (QED) is 0.294. The Kier molecular flexibility index (Phi) is 5.71. The second kappa shape index (κ2) is 9.33. The molecule has 4 aromatic heterocycles. The van der Waals surface area contributed by atoms with Crippen LogP contribution in [-0.4, -0.2) is 56.6 Å². The van der Waals surface area contributed by atoms with Crippen molar-refractivity contribution in [2.24, 2.45) is 0 Å². The number of nitrogens with one attached hydrogen (secondary N) is 3. The fourth-order valence-electron chi connectivity index (χ4n) is 4.61. The Bertz CT molecular complexity index is 1730. The maximum Gasteiger partial charge on any atom is 0.238 e. The molecule has 8 nitrogen and oxygen atoms in total. The molecule has 0 spiro atoms. The Morgan fingerprint density at radius 3 is 2.59 bits per heavy atom. The first-order chi connectivity index (χ1) is 18.0. The van der Waals surface area contributed by atoms with Gasteiger partial charge in [0.25, 0.3) is 0 Å². The SMILES string of the molecule is CN(C)CC(=O)Nc1cncc(-c2ccc3[nH]nc(-c4cc5c(-c6cccnc6)cccc5[nH]4)c3c2)c1. The summed E-state index contributed by atoms with van der Waals surface area (Å²) in [5.41, 5.74) is 8.49. The third-order valence-electron chi connectivity index (χ3n) is 6.27. The number of benzene rings is 2. The molecule has 0 aliphatic carbocycles. The van der Waals surface area contributed by atoms with Crippen LogP contribution in [0.5, 0.6) is 0 Å². The Morgan fingerprint density at radius 1 is 0.865 bits per heavy atom. The molecule has 0 atom stereocenters. The Labute approximate surface area is 213 Å². The largest absolute Gasteiger partial charge is 0.353 e. The summed E-state index contributed by atoms with van der Waals surface area (Å²) >= 11 is 0. The lowest BCUT2D eigenvalue weighted by atomic mass is 10.0. The van der Waals surface area contributed by atoms with Crippen LogP contribution in [0.25, 0.3) is 55.4 Å². The van der Waals surface area contributed by atoms with Gasteiger partial charge in [0.05, 0.1) is 29.6 Å². The van der Waals surface area contributed by atoms with Crippen molar-refractivity contribution in [1.82, 2.24) is 30.0 Å². The van der Waals surface area contributed by atoms with Crippen molar-refractivity contribution in [3.63, 3.8) is 0 Å². The summed E-state index contributed by atoms with van der Waals surface area (Å²) in [7, 11) is 3.72. The van der Waals surface area contributed by atoms with Crippen molar-refractivity contribution in [2.45, 2.75) is 0 Å². The molecule has 1 amide bonds. The van der Waals surface area contributed by atoms with Gasteiger partial charge in [-0.05, 0) is 61.6 Å². The van der Waals surface area contributed by atoms with Crippen LogP contribution >= 0.6 is 0 Å². The van der Waals surface area contributed by atoms with E-state index in [-0.39, 0.29) is 5.91 Å². The smallest absolute Gasteiger partial charge is 0.238 e. The van der Waals surface area contributed by atoms with Crippen LogP contribution in [0.15, 0.2) is 85.5 Å². The predicted molar refractivity (Wildman–Crippen MR) is 147 cm³/mol. The molecule has 0 fully saturated rings. The molecule has 0 saturated carbocycles. The highest BCUT2D eigenvalue weighted by atomic mass is 16.2. The van der Waals surface area contributed by atoms with Crippen LogP contribution in [0, 0.1) is 0 Å². The van der Waals surface area contributed by atoms with Crippen LogP contribution < -0.4 is 5.32 Å². The summed E-state index contributed by atoms with van der Waals surface area (Å²) in [5, 5.41) is 12.8. The molecular formula is C29H25N7O. The van der Waals surface area contributed by atoms with E-state index in [1.165, 1.54) is 0 Å². The maximum atomic E-state index is 12.2. The highest BCUT2D eigenvalue weighted by Crippen LogP contribution is 2.35. The van der Waals surface area contributed by atoms with Crippen molar-refractivity contribution in [3.05, 3.63) is 85.5 Å². The number of carbonyl (C=O) groups is 1. The summed E-state index contributed by atoms with van der Waals surface area (Å²) in [5.74, 6) is -0.0824. The number of aromatic nitrogens is 5. The van der Waals surface area contributed by atoms with E-state index in [0.29, 0.717) is 12.2 Å². The second-order valence-corrected chi connectivity index (χ2v) is 9.27. The lowest BCUT2D eigenvalue weighted by Crippen LogP contribution is -2.27. The zero-order valence-electron chi connectivity index (χ0n) is 20.5. The molecule has 2 aromatic carbocycles. The van der Waals surface area contributed by atoms with Crippen LogP contribution in [0.1, 0.15) is 0 Å². The molecule has 6 aromatic rings. The first-order valence-corrected chi connectivity index (χ1v) is 12.0. The number of aromatic amines is 2. The third kappa shape index (κ3) is 4.46. The van der Waals surface area contributed by atoms with Gasteiger partial charge in [0.15, 0.2) is 0 Å². The summed E-state index contributed by atoms with van der Waals surface area (Å²) in [6.07, 6.45) is 7.11. The van der Waals surface area contributed by atoms with E-state index in [2.05, 4.69) is 60.8 Å². The zero-order valence-corrected chi connectivity index (χ0v) is 20.5. The molecule has 0 saturated heterocycles. The van der Waals surface area contributed by atoms with Gasteiger partial charge in [0, 0.05) is 46.0 Å². The number of hydrogen-bond donors (Lipinski definition) is 3. The summed E-state index contributed by atoms with van der Waals surface area (Å²) in [6, 6.07) is 20.5. The van der Waals surface area contributed by atoms with E-state index in [4.69, 9.17) is 0 Å². The minimum Gasteiger partial charge on any atom is -0.353 e. The molecule has 0 unspecified atom stereocenters. The molecule has 0 aliphatic heterocycles. The fourth-order valence-corrected chi connectivity index (χ4v) is 4.61. The van der Waals surface area contributed by atoms with Gasteiger partial charge in [-0.25, -0.2) is 0 Å². The summed E-state index contributed by atoms with van der Waals surface area (Å²) in [4.78, 5) is 26.2. The van der Waals surface area contributed by atoms with Gasteiger partial charge in [0.2, 0.25) is 5.91 Å². The van der Waals surface area contributed by atoms with Gasteiger partial charge in [0.1, 0.15) is 5.69 Å². The Hall–Kier alpha value is -4.82. The van der Waals surface area contributed by atoms with Gasteiger partial charge in [-0.1, -0.05) is 24.3 Å². The molecule has 0 aliphatic rings. The van der Waals surface area contributed by atoms with Crippen molar-refractivity contribution >= 4 is 33.4 Å². The number of hydrogen-bond acceptors (Lipinski definition) is 5. The highest BCUT2D eigenvalue weighted by molar-refractivity contribution is 6.02. The van der Waals surface area contributed by atoms with E-state index in [9.17, 15) is 4.79 Å². The van der Waals surface area contributed by atoms with Gasteiger partial charge in [-0.15, -0.1) is 0 Å². The third-order valence-corrected chi connectivity index (χ3v) is 6.27. The number of rotatable bonds is 6. The van der Waals surface area contributed by atoms with Crippen molar-refractivity contribution in [2.75, 3.05) is 26.0 Å². The highest BCUT2D eigenvalue weighted by Gasteiger charge is 2.15. The molecule has 3 N–H and O–H groups in total. The number of pyridine rings is 2. The predicted octanol–water partition coefficient (Wildman–Crippen LogP) is 5.34. The number of nitrogens with zero attached hydrogens (tertiary/aromatic N) is 4. The number of fused-ring (bicyclic) bond motifs is 2. The Balaban J connectivity index is 1.38. The molecule has 182 valence electrons. The first kappa shape index (κ1) is 22.6. The maximum absolute atomic E-state index is 12.2. The van der Waals surface area contributed by atoms with Crippen LogP contribution in [-0.2, 0) is 4.79 Å². The summed E-state index contributed by atoms with van der Waals surface area (Å²) in [6.45, 7) is 0.307. The van der Waals surface area contributed by atoms with E-state index in [1.54, 1.807) is 18.6 Å². The normalized spacial score (nSPS) is 11.4. The minimum atomic E-state index is -0.0824. The van der Waals surface area contributed by atoms with Gasteiger partial charge >= 0.3 is 0 Å². The van der Waals surface area contributed by atoms with E-state index in [0.717, 1.165) is 55.4 Å². The first-order valence-electron chi connectivity index (χ1n) is 12.0. The van der Waals surface area contributed by atoms with E-state index >= 15 is 0 Å². The monoisotopic (exact) mass is 487 g/mol. The zero-order chi connectivity index (χ0) is 25.4. The van der Waals surface area contributed by atoms with Gasteiger partial charge in [-0.2, -0.15) is 5.10 Å². The average molecular weight is 488 g/mol. The lowest BCUT2D eigenvalue weighted by Gasteiger charge is -2.11. The van der Waals surface area contributed by atoms with E-state index in [1.807, 2.05) is 55.5 Å². The minimum absolute atomic E-state index is 0.0824. The standard InChI is InChI=1S/C29H25N7O/c1-36(2)17-28(37)32-21-11-20(15-31-16-21)18-8-9-26-24(12-18)29(35-34-26)27-13-23-22(6-3-7-25(23)33-27)19-5-4-10-30-14-19/h3-16,33H,17H2,1-2H3,(H,32,37)(H,34,35). The van der Waals surface area contributed by atoms with Crippen molar-refractivity contribution in [1.29, 1.82) is 0 Å². The summed E-state index contributed by atoms with van der Waals surface area (Å²) < 4.78 is 0. The molecule has 0 radical (unpaired) electrons. The second-order valence-electron chi connectivity index (χ2n) is 9.27. The Morgan fingerprint density at radius 2 is 1.76 bits per heavy atom. The molecule has 0 bridgehead atoms. The average Bonchev–Trinajstić information content (AvgIpc) is 3.52. The molecule has 37 heavy (non-hydrogen) atoms. The lowest BCUT2D eigenvalue weighted by molar-refractivity contribution is -0.116. The number of H-pyrrole nitrogens is 2. The van der Waals surface area contributed by atoms with Gasteiger partial charge < -0.3 is 15.2 Å². The van der Waals surface area contributed by atoms with Gasteiger partial charge in [-0.3, -0.25) is 19.9 Å². The van der Waals surface area contributed by atoms with E-state index < -0.39 is 0 Å². The van der Waals surface area contributed by atoms with Crippen LogP contribution in [0.3, 0.4) is 0 Å². The number of amides is 1. The topological polar surface area (TPSA) is 103 Å². The fraction of sp³-hybridized carbons (Fsp3) is 0.103. The molecule has 4 heterocycles. The molecule has 8 heteroatoms. The molecule has 6 rings (SSSR count). The van der Waals surface area contributed by atoms with Crippen molar-refractivity contribution in [3.8, 4) is 33.6 Å². The number of anilines is 1. The van der Waals surface area contributed by atoms with Crippen LogP contribution in [0.2, 0.25) is 0 Å². The van der Waals surface area contributed by atoms with Crippen molar-refractivity contribution < 1.29 is 4.79 Å². The molecular weight excluding hydrogens is 462 g/mol. The number of carbonyl (C=O) groups excluding carboxylic acids is 1.